The van der Waals surface area contributed by atoms with Gasteiger partial charge in [-0.1, -0.05) is 170 Å². The van der Waals surface area contributed by atoms with Crippen LogP contribution in [-0.2, 0) is 0 Å². The molecular weight excluding hydrogens is 695 g/mol. The third-order valence-corrected chi connectivity index (χ3v) is 10.9. The molecule has 0 amide bonds. The highest BCUT2D eigenvalue weighted by Gasteiger charge is 2.17. The van der Waals surface area contributed by atoms with Crippen molar-refractivity contribution in [1.29, 1.82) is 0 Å². The van der Waals surface area contributed by atoms with Gasteiger partial charge >= 0.3 is 0 Å². The van der Waals surface area contributed by atoms with Gasteiger partial charge in [0.25, 0.3) is 0 Å². The van der Waals surface area contributed by atoms with Gasteiger partial charge in [0.2, 0.25) is 0 Å². The van der Waals surface area contributed by atoms with Crippen LogP contribution in [0.2, 0.25) is 0 Å². The lowest BCUT2D eigenvalue weighted by atomic mass is 9.96. The van der Waals surface area contributed by atoms with Gasteiger partial charge in [-0.05, 0) is 85.3 Å². The largest absolute Gasteiger partial charge is 0.456 e. The van der Waals surface area contributed by atoms with E-state index in [0.29, 0.717) is 17.5 Å². The first-order valence-corrected chi connectivity index (χ1v) is 19.2. The minimum Gasteiger partial charge on any atom is -0.456 e. The summed E-state index contributed by atoms with van der Waals surface area (Å²) in [6.07, 6.45) is 0. The third kappa shape index (κ3) is 5.92. The standard InChI is InChI=1S/C53H33N3O/c1-2-13-37(14-3-1)51-54-52(38-26-24-36(25-27-38)45-20-9-16-35-12-6-7-19-44(35)45)56-53(55-51)43-18-8-17-42(32-43)46-21-10-22-48-50(46)47-30-29-41(33-49(47)57-48)40-28-23-34-11-4-5-15-39(34)31-40/h1-33H. The van der Waals surface area contributed by atoms with Crippen LogP contribution in [-0.4, -0.2) is 15.0 Å². The van der Waals surface area contributed by atoms with Gasteiger partial charge in [0.15, 0.2) is 17.5 Å². The van der Waals surface area contributed by atoms with Gasteiger partial charge in [-0.25, -0.2) is 15.0 Å². The minimum atomic E-state index is 0.614. The molecule has 0 saturated heterocycles. The van der Waals surface area contributed by atoms with E-state index in [2.05, 4.69) is 164 Å². The number of aromatic nitrogens is 3. The fourth-order valence-corrected chi connectivity index (χ4v) is 8.07. The molecule has 4 heteroatoms. The van der Waals surface area contributed by atoms with Gasteiger partial charge < -0.3 is 4.42 Å². The Kier molecular flexibility index (Phi) is 7.78. The summed E-state index contributed by atoms with van der Waals surface area (Å²) in [5, 5.41) is 7.07. The van der Waals surface area contributed by atoms with Gasteiger partial charge in [-0.2, -0.15) is 0 Å². The molecule has 0 saturated carbocycles. The average molecular weight is 728 g/mol. The van der Waals surface area contributed by atoms with E-state index in [1.165, 1.54) is 27.1 Å². The molecule has 0 aliphatic heterocycles. The van der Waals surface area contributed by atoms with E-state index in [4.69, 9.17) is 19.4 Å². The zero-order valence-electron chi connectivity index (χ0n) is 30.8. The van der Waals surface area contributed by atoms with Gasteiger partial charge in [0, 0.05) is 27.5 Å². The van der Waals surface area contributed by atoms with E-state index in [0.717, 1.165) is 66.4 Å². The molecule has 57 heavy (non-hydrogen) atoms. The number of furan rings is 1. The van der Waals surface area contributed by atoms with Crippen LogP contribution >= 0.6 is 0 Å². The molecule has 2 heterocycles. The summed E-state index contributed by atoms with van der Waals surface area (Å²) in [5.41, 5.74) is 11.3. The molecule has 11 rings (SSSR count). The van der Waals surface area contributed by atoms with Crippen LogP contribution < -0.4 is 0 Å². The van der Waals surface area contributed by atoms with Crippen molar-refractivity contribution in [2.24, 2.45) is 0 Å². The summed E-state index contributed by atoms with van der Waals surface area (Å²) in [6.45, 7) is 0. The van der Waals surface area contributed by atoms with Crippen LogP contribution in [0.1, 0.15) is 0 Å². The van der Waals surface area contributed by atoms with Crippen LogP contribution in [0.5, 0.6) is 0 Å². The summed E-state index contributed by atoms with van der Waals surface area (Å²) >= 11 is 0. The second-order valence-corrected chi connectivity index (χ2v) is 14.4. The van der Waals surface area contributed by atoms with Crippen molar-refractivity contribution < 1.29 is 4.42 Å². The number of hydrogen-bond acceptors (Lipinski definition) is 4. The monoisotopic (exact) mass is 727 g/mol. The predicted octanol–water partition coefficient (Wildman–Crippen LogP) is 14.1. The Morgan fingerprint density at radius 3 is 1.68 bits per heavy atom. The molecule has 0 aliphatic rings. The maximum atomic E-state index is 6.53. The molecule has 0 bridgehead atoms. The Morgan fingerprint density at radius 2 is 0.842 bits per heavy atom. The third-order valence-electron chi connectivity index (χ3n) is 10.9. The highest BCUT2D eigenvalue weighted by Crippen LogP contribution is 2.40. The molecule has 2 aromatic heterocycles. The molecule has 0 N–H and O–H groups in total. The number of rotatable bonds is 6. The van der Waals surface area contributed by atoms with Crippen molar-refractivity contribution in [3.8, 4) is 67.5 Å². The van der Waals surface area contributed by atoms with Crippen LogP contribution in [0.25, 0.3) is 111 Å². The Hall–Kier alpha value is -7.69. The summed E-state index contributed by atoms with van der Waals surface area (Å²) in [7, 11) is 0. The number of fused-ring (bicyclic) bond motifs is 5. The molecule has 9 aromatic carbocycles. The van der Waals surface area contributed by atoms with Crippen molar-refractivity contribution in [3.05, 3.63) is 200 Å². The van der Waals surface area contributed by atoms with Crippen LogP contribution in [0.4, 0.5) is 0 Å². The molecule has 11 aromatic rings. The van der Waals surface area contributed by atoms with Crippen LogP contribution in [0.3, 0.4) is 0 Å². The van der Waals surface area contributed by atoms with Crippen molar-refractivity contribution >= 4 is 43.5 Å². The minimum absolute atomic E-state index is 0.614. The summed E-state index contributed by atoms with van der Waals surface area (Å²) in [6, 6.07) is 69.9. The molecule has 266 valence electrons. The SMILES string of the molecule is c1ccc(-c2nc(-c3ccc(-c4cccc5ccccc45)cc3)nc(-c3cccc(-c4cccc5oc6cc(-c7ccc8ccccc8c7)ccc6c45)c3)n2)cc1. The Bertz CT molecular complexity index is 3290. The normalized spacial score (nSPS) is 11.5. The summed E-state index contributed by atoms with van der Waals surface area (Å²) in [5.74, 6) is 1.87. The number of nitrogens with zero attached hydrogens (tertiary/aromatic N) is 3. The van der Waals surface area contributed by atoms with Crippen molar-refractivity contribution in [2.75, 3.05) is 0 Å². The Balaban J connectivity index is 0.991. The summed E-state index contributed by atoms with van der Waals surface area (Å²) < 4.78 is 6.53. The number of hydrogen-bond donors (Lipinski definition) is 0. The van der Waals surface area contributed by atoms with E-state index in [1.807, 2.05) is 36.4 Å². The zero-order valence-corrected chi connectivity index (χ0v) is 30.8. The zero-order chi connectivity index (χ0) is 37.7. The first-order chi connectivity index (χ1) is 28.2. The van der Waals surface area contributed by atoms with Gasteiger partial charge in [0.05, 0.1) is 0 Å². The molecular formula is C53H33N3O. The number of benzene rings is 9. The van der Waals surface area contributed by atoms with E-state index in [9.17, 15) is 0 Å². The summed E-state index contributed by atoms with van der Waals surface area (Å²) in [4.78, 5) is 15.2. The van der Waals surface area contributed by atoms with Gasteiger partial charge in [0.1, 0.15) is 11.2 Å². The molecule has 0 radical (unpaired) electrons. The van der Waals surface area contributed by atoms with Crippen LogP contribution in [0, 0.1) is 0 Å². The lowest BCUT2D eigenvalue weighted by Crippen LogP contribution is -2.00. The fourth-order valence-electron chi connectivity index (χ4n) is 8.07. The fraction of sp³-hybridized carbons (Fsp3) is 0. The first kappa shape index (κ1) is 32.7. The van der Waals surface area contributed by atoms with E-state index < -0.39 is 0 Å². The van der Waals surface area contributed by atoms with E-state index >= 15 is 0 Å². The topological polar surface area (TPSA) is 51.8 Å². The molecule has 0 atom stereocenters. The lowest BCUT2D eigenvalue weighted by Gasteiger charge is -2.11. The molecule has 4 nitrogen and oxygen atoms in total. The molecule has 0 unspecified atom stereocenters. The highest BCUT2D eigenvalue weighted by atomic mass is 16.3. The average Bonchev–Trinajstić information content (AvgIpc) is 3.67. The lowest BCUT2D eigenvalue weighted by molar-refractivity contribution is 0.669. The Labute approximate surface area is 329 Å². The van der Waals surface area contributed by atoms with Gasteiger partial charge in [-0.15, -0.1) is 0 Å². The predicted molar refractivity (Wildman–Crippen MR) is 235 cm³/mol. The molecule has 0 fully saturated rings. The quantitative estimate of drug-likeness (QED) is 0.171. The second-order valence-electron chi connectivity index (χ2n) is 14.4. The molecule has 0 spiro atoms. The van der Waals surface area contributed by atoms with E-state index in [-0.39, 0.29) is 0 Å². The first-order valence-electron chi connectivity index (χ1n) is 19.2. The smallest absolute Gasteiger partial charge is 0.164 e. The van der Waals surface area contributed by atoms with Crippen molar-refractivity contribution in [3.63, 3.8) is 0 Å². The molecule has 0 aliphatic carbocycles. The maximum absolute atomic E-state index is 6.53. The van der Waals surface area contributed by atoms with Crippen molar-refractivity contribution in [2.45, 2.75) is 0 Å². The van der Waals surface area contributed by atoms with Crippen molar-refractivity contribution in [1.82, 2.24) is 15.0 Å². The van der Waals surface area contributed by atoms with Crippen LogP contribution in [0.15, 0.2) is 205 Å². The second kappa shape index (κ2) is 13.6. The Morgan fingerprint density at radius 1 is 0.281 bits per heavy atom. The van der Waals surface area contributed by atoms with E-state index in [1.54, 1.807) is 0 Å². The van der Waals surface area contributed by atoms with Gasteiger partial charge in [-0.3, -0.25) is 0 Å². The highest BCUT2D eigenvalue weighted by molar-refractivity contribution is 6.13. The maximum Gasteiger partial charge on any atom is 0.164 e.